The number of nitrogens with two attached hydrogens (primary N) is 1. The molecular weight excluding hydrogens is 278 g/mol. The van der Waals surface area contributed by atoms with Crippen molar-refractivity contribution in [1.82, 2.24) is 0 Å². The fourth-order valence-electron chi connectivity index (χ4n) is 4.11. The predicted molar refractivity (Wildman–Crippen MR) is 67.9 cm³/mol. The molecule has 7 nitrogen and oxygen atoms in total. The number of ketones is 3. The first-order valence-corrected chi connectivity index (χ1v) is 6.95. The van der Waals surface area contributed by atoms with Gasteiger partial charge in [-0.1, -0.05) is 0 Å². The van der Waals surface area contributed by atoms with Gasteiger partial charge in [0.2, 0.25) is 11.6 Å². The highest BCUT2D eigenvalue weighted by molar-refractivity contribution is 6.42. The standard InChI is InChI=1S/C14H17NO6/c1-4(16)7-9-8-5(21-14(7)19)3-6(20-2)11(15)10(8)13(18)12(9)17/h5-11H,3,15H2,1-2H3. The molecule has 0 radical (unpaired) electrons. The molecule has 1 saturated heterocycles. The second-order valence-corrected chi connectivity index (χ2v) is 6.01. The smallest absolute Gasteiger partial charge is 0.317 e. The highest BCUT2D eigenvalue weighted by atomic mass is 16.6. The maximum Gasteiger partial charge on any atom is 0.317 e. The van der Waals surface area contributed by atoms with Crippen molar-refractivity contribution >= 4 is 23.3 Å². The third-order valence-electron chi connectivity index (χ3n) is 5.04. The van der Waals surface area contributed by atoms with Gasteiger partial charge in [0.05, 0.1) is 17.9 Å². The third-order valence-corrected chi connectivity index (χ3v) is 5.04. The predicted octanol–water partition coefficient (Wildman–Crippen LogP) is -1.14. The lowest BCUT2D eigenvalue weighted by atomic mass is 9.67. The quantitative estimate of drug-likeness (QED) is 0.389. The summed E-state index contributed by atoms with van der Waals surface area (Å²) in [6.45, 7) is 1.23. The van der Waals surface area contributed by atoms with E-state index in [0.717, 1.165) is 0 Å². The summed E-state index contributed by atoms with van der Waals surface area (Å²) in [7, 11) is 1.46. The largest absolute Gasteiger partial charge is 0.461 e. The Hall–Kier alpha value is -1.60. The van der Waals surface area contributed by atoms with E-state index in [1.54, 1.807) is 0 Å². The third kappa shape index (κ3) is 1.80. The zero-order valence-corrected chi connectivity index (χ0v) is 11.8. The molecule has 21 heavy (non-hydrogen) atoms. The first-order chi connectivity index (χ1) is 9.88. The number of methoxy groups -OCH3 is 1. The lowest BCUT2D eigenvalue weighted by molar-refractivity contribution is -0.185. The molecule has 1 aliphatic heterocycles. The van der Waals surface area contributed by atoms with Crippen molar-refractivity contribution < 1.29 is 28.7 Å². The molecule has 0 spiro atoms. The Morgan fingerprint density at radius 1 is 1.24 bits per heavy atom. The average Bonchev–Trinajstić information content (AvgIpc) is 2.68. The Balaban J connectivity index is 2.06. The monoisotopic (exact) mass is 295 g/mol. The van der Waals surface area contributed by atoms with E-state index in [-0.39, 0.29) is 0 Å². The summed E-state index contributed by atoms with van der Waals surface area (Å²) in [5.74, 6) is -5.78. The van der Waals surface area contributed by atoms with Crippen LogP contribution in [-0.2, 0) is 28.7 Å². The van der Waals surface area contributed by atoms with Crippen LogP contribution in [0.5, 0.6) is 0 Å². The van der Waals surface area contributed by atoms with E-state index in [0.29, 0.717) is 6.42 Å². The molecule has 3 aliphatic rings. The number of carbonyl (C=O) groups excluding carboxylic acids is 4. The van der Waals surface area contributed by atoms with E-state index in [9.17, 15) is 19.2 Å². The fraction of sp³-hybridized carbons (Fsp3) is 0.714. The zero-order valence-electron chi connectivity index (χ0n) is 11.8. The average molecular weight is 295 g/mol. The van der Waals surface area contributed by atoms with Crippen molar-refractivity contribution in [3.63, 3.8) is 0 Å². The molecule has 0 aromatic heterocycles. The molecule has 3 rings (SSSR count). The van der Waals surface area contributed by atoms with Crippen molar-refractivity contribution in [2.45, 2.75) is 31.6 Å². The molecule has 7 heteroatoms. The van der Waals surface area contributed by atoms with Gasteiger partial charge in [0.1, 0.15) is 17.8 Å². The number of hydrogen-bond donors (Lipinski definition) is 1. The molecular formula is C14H17NO6. The lowest BCUT2D eigenvalue weighted by Crippen LogP contribution is -2.59. The molecule has 2 saturated carbocycles. The SMILES string of the molecule is COC1CC2OC(=O)C(C(C)=O)C3C(=O)C(=O)C(C1N)C23. The van der Waals surface area contributed by atoms with Crippen LogP contribution in [0.1, 0.15) is 13.3 Å². The van der Waals surface area contributed by atoms with E-state index in [2.05, 4.69) is 0 Å². The topological polar surface area (TPSA) is 113 Å². The van der Waals surface area contributed by atoms with E-state index in [4.69, 9.17) is 15.2 Å². The summed E-state index contributed by atoms with van der Waals surface area (Å²) in [6.07, 6.45) is -0.705. The first-order valence-electron chi connectivity index (χ1n) is 6.95. The number of Topliss-reactive ketones (excluding diaryl/α,β-unsaturated/α-hetero) is 3. The van der Waals surface area contributed by atoms with Crippen molar-refractivity contribution in [2.24, 2.45) is 29.4 Å². The van der Waals surface area contributed by atoms with Crippen molar-refractivity contribution in [1.29, 1.82) is 0 Å². The summed E-state index contributed by atoms with van der Waals surface area (Å²) in [6, 6.07) is -0.623. The minimum atomic E-state index is -1.18. The van der Waals surface area contributed by atoms with Gasteiger partial charge in [-0.25, -0.2) is 0 Å². The molecule has 2 aliphatic carbocycles. The van der Waals surface area contributed by atoms with E-state index in [1.807, 2.05) is 0 Å². The van der Waals surface area contributed by atoms with Gasteiger partial charge in [0, 0.05) is 25.5 Å². The van der Waals surface area contributed by atoms with Crippen LogP contribution in [0.3, 0.4) is 0 Å². The highest BCUT2D eigenvalue weighted by Gasteiger charge is 2.65. The van der Waals surface area contributed by atoms with Crippen LogP contribution in [0, 0.1) is 23.7 Å². The molecule has 2 N–H and O–H groups in total. The summed E-state index contributed by atoms with van der Waals surface area (Å²) in [5, 5.41) is 0. The maximum absolute atomic E-state index is 12.3. The zero-order chi connectivity index (χ0) is 15.5. The van der Waals surface area contributed by atoms with Gasteiger partial charge in [-0.2, -0.15) is 0 Å². The van der Waals surface area contributed by atoms with Crippen molar-refractivity contribution in [2.75, 3.05) is 7.11 Å². The number of esters is 1. The van der Waals surface area contributed by atoms with Crippen LogP contribution in [0.15, 0.2) is 0 Å². The Morgan fingerprint density at radius 2 is 1.86 bits per heavy atom. The normalized spacial score (nSPS) is 45.3. The fourth-order valence-corrected chi connectivity index (χ4v) is 4.11. The molecule has 0 amide bonds. The van der Waals surface area contributed by atoms with E-state index in [1.165, 1.54) is 14.0 Å². The summed E-state index contributed by atoms with van der Waals surface area (Å²) < 4.78 is 10.6. The van der Waals surface area contributed by atoms with Crippen LogP contribution in [-0.4, -0.2) is 48.7 Å². The van der Waals surface area contributed by atoms with Crippen molar-refractivity contribution in [3.05, 3.63) is 0 Å². The van der Waals surface area contributed by atoms with E-state index < -0.39 is 65.2 Å². The second-order valence-electron chi connectivity index (χ2n) is 6.01. The Bertz CT molecular complexity index is 544. The van der Waals surface area contributed by atoms with Gasteiger partial charge in [-0.05, 0) is 6.92 Å². The van der Waals surface area contributed by atoms with Gasteiger partial charge < -0.3 is 15.2 Å². The van der Waals surface area contributed by atoms with Gasteiger partial charge >= 0.3 is 5.97 Å². The number of carbonyl (C=O) groups is 4. The minimum Gasteiger partial charge on any atom is -0.461 e. The first kappa shape index (κ1) is 14.3. The lowest BCUT2D eigenvalue weighted by Gasteiger charge is -2.45. The molecule has 0 bridgehead atoms. The van der Waals surface area contributed by atoms with Crippen LogP contribution in [0.4, 0.5) is 0 Å². The highest BCUT2D eigenvalue weighted by Crippen LogP contribution is 2.49. The summed E-state index contributed by atoms with van der Waals surface area (Å²) in [5.41, 5.74) is 6.06. The summed E-state index contributed by atoms with van der Waals surface area (Å²) >= 11 is 0. The van der Waals surface area contributed by atoms with Crippen LogP contribution in [0.25, 0.3) is 0 Å². The number of ether oxygens (including phenoxy) is 2. The molecule has 1 heterocycles. The van der Waals surface area contributed by atoms with Gasteiger partial charge in [-0.3, -0.25) is 19.2 Å². The molecule has 114 valence electrons. The van der Waals surface area contributed by atoms with Gasteiger partial charge in [0.15, 0.2) is 0 Å². The number of rotatable bonds is 2. The maximum atomic E-state index is 12.3. The van der Waals surface area contributed by atoms with Gasteiger partial charge in [0.25, 0.3) is 0 Å². The van der Waals surface area contributed by atoms with Gasteiger partial charge in [-0.15, -0.1) is 0 Å². The van der Waals surface area contributed by atoms with Crippen LogP contribution in [0.2, 0.25) is 0 Å². The van der Waals surface area contributed by atoms with Crippen LogP contribution < -0.4 is 5.73 Å². The molecule has 3 fully saturated rings. The molecule has 0 aromatic rings. The number of hydrogen-bond acceptors (Lipinski definition) is 7. The molecule has 0 aromatic carbocycles. The van der Waals surface area contributed by atoms with E-state index >= 15 is 0 Å². The second kappa shape index (κ2) is 4.71. The van der Waals surface area contributed by atoms with Crippen molar-refractivity contribution in [3.8, 4) is 0 Å². The molecule has 7 unspecified atom stereocenters. The minimum absolute atomic E-state index is 0.340. The van der Waals surface area contributed by atoms with Crippen LogP contribution >= 0.6 is 0 Å². The summed E-state index contributed by atoms with van der Waals surface area (Å²) in [4.78, 5) is 48.3. The Kier molecular flexibility index (Phi) is 3.22. The Morgan fingerprint density at radius 3 is 2.43 bits per heavy atom. The Labute approximate surface area is 121 Å². The molecule has 7 atom stereocenters.